The molecule has 2 saturated heterocycles. The molecule has 0 spiro atoms. The summed E-state index contributed by atoms with van der Waals surface area (Å²) in [7, 11) is 0. The van der Waals surface area contributed by atoms with Crippen molar-refractivity contribution in [3.8, 4) is 0 Å². The van der Waals surface area contributed by atoms with Crippen molar-refractivity contribution >= 4 is 50.0 Å². The Morgan fingerprint density at radius 2 is 1.89 bits per heavy atom. The number of benzene rings is 2. The van der Waals surface area contributed by atoms with Crippen LogP contribution in [0.5, 0.6) is 0 Å². The second-order valence-electron chi connectivity index (χ2n) is 6.63. The van der Waals surface area contributed by atoms with Gasteiger partial charge in [-0.1, -0.05) is 53.3 Å². The molecule has 1 aromatic heterocycles. The molecule has 27 heavy (non-hydrogen) atoms. The first-order valence-electron chi connectivity index (χ1n) is 8.61. The summed E-state index contributed by atoms with van der Waals surface area (Å²) >= 11 is 7.71. The van der Waals surface area contributed by atoms with Crippen molar-refractivity contribution in [1.29, 1.82) is 0 Å². The van der Waals surface area contributed by atoms with Gasteiger partial charge >= 0.3 is 0 Å². The van der Waals surface area contributed by atoms with Crippen LogP contribution in [-0.2, 0) is 9.59 Å². The lowest BCUT2D eigenvalue weighted by molar-refractivity contribution is -0.133. The molecule has 3 unspecified atom stereocenters. The molecular weight excluding hydrogens is 384 g/mol. The fraction of sp³-hybridized carbons (Fsp3) is 0.211. The lowest BCUT2D eigenvalue weighted by Gasteiger charge is -2.31. The summed E-state index contributed by atoms with van der Waals surface area (Å²) in [5, 5.41) is 5.91. The Kier molecular flexibility index (Phi) is 3.98. The topological polar surface area (TPSA) is 74.3 Å². The zero-order valence-corrected chi connectivity index (χ0v) is 15.6. The van der Waals surface area contributed by atoms with Gasteiger partial charge < -0.3 is 0 Å². The van der Waals surface area contributed by atoms with Crippen LogP contribution in [0.25, 0.3) is 10.2 Å². The normalized spacial score (nSPS) is 25.2. The number of nitrogens with zero attached hydrogens (tertiary/aromatic N) is 2. The Bertz CT molecular complexity index is 1040. The number of ketones is 1. The van der Waals surface area contributed by atoms with Crippen LogP contribution >= 0.6 is 22.9 Å². The van der Waals surface area contributed by atoms with Crippen LogP contribution in [0, 0.1) is 5.92 Å². The molecule has 1 amide bonds. The summed E-state index contributed by atoms with van der Waals surface area (Å²) in [6.07, 6.45) is -0.251. The van der Waals surface area contributed by atoms with E-state index in [1.807, 2.05) is 42.5 Å². The first-order chi connectivity index (χ1) is 13.1. The molecule has 3 atom stereocenters. The molecular formula is C19H15ClN4O2S. The van der Waals surface area contributed by atoms with Crippen LogP contribution in [0.15, 0.2) is 48.5 Å². The summed E-state index contributed by atoms with van der Waals surface area (Å²) in [6, 6.07) is 14.9. The fourth-order valence-corrected chi connectivity index (χ4v) is 4.89. The largest absolute Gasteiger partial charge is 0.299 e. The average Bonchev–Trinajstić information content (AvgIpc) is 3.23. The molecule has 3 heterocycles. The van der Waals surface area contributed by atoms with Gasteiger partial charge in [-0.15, -0.1) is 0 Å². The summed E-state index contributed by atoms with van der Waals surface area (Å²) < 4.78 is 0.991. The summed E-state index contributed by atoms with van der Waals surface area (Å²) in [4.78, 5) is 30.1. The molecule has 5 rings (SSSR count). The van der Waals surface area contributed by atoms with Crippen molar-refractivity contribution in [2.24, 2.45) is 5.92 Å². The van der Waals surface area contributed by atoms with Gasteiger partial charge in [-0.3, -0.25) is 14.9 Å². The predicted molar refractivity (Wildman–Crippen MR) is 104 cm³/mol. The Morgan fingerprint density at radius 1 is 1.11 bits per heavy atom. The van der Waals surface area contributed by atoms with E-state index in [0.29, 0.717) is 10.2 Å². The third-order valence-corrected chi connectivity index (χ3v) is 6.34. The van der Waals surface area contributed by atoms with E-state index >= 15 is 0 Å². The molecule has 2 aliphatic rings. The molecule has 2 fully saturated rings. The fourth-order valence-electron chi connectivity index (χ4n) is 3.68. The molecule has 3 aromatic rings. The Labute approximate surface area is 164 Å². The monoisotopic (exact) mass is 398 g/mol. The van der Waals surface area contributed by atoms with Crippen molar-refractivity contribution in [3.63, 3.8) is 0 Å². The van der Waals surface area contributed by atoms with E-state index in [-0.39, 0.29) is 24.2 Å². The number of hydrogen-bond acceptors (Lipinski definition) is 6. The Hall–Kier alpha value is -2.32. The van der Waals surface area contributed by atoms with Gasteiger partial charge in [0.05, 0.1) is 16.4 Å². The van der Waals surface area contributed by atoms with E-state index in [2.05, 4.69) is 15.7 Å². The van der Waals surface area contributed by atoms with Crippen LogP contribution in [-0.4, -0.2) is 22.8 Å². The number of anilines is 1. The van der Waals surface area contributed by atoms with Crippen LogP contribution in [0.3, 0.4) is 0 Å². The van der Waals surface area contributed by atoms with Crippen molar-refractivity contribution in [2.75, 3.05) is 5.01 Å². The van der Waals surface area contributed by atoms with Gasteiger partial charge in [0.1, 0.15) is 11.7 Å². The van der Waals surface area contributed by atoms with E-state index in [1.54, 1.807) is 6.07 Å². The second-order valence-corrected chi connectivity index (χ2v) is 8.05. The Morgan fingerprint density at radius 3 is 2.70 bits per heavy atom. The molecule has 0 radical (unpaired) electrons. The van der Waals surface area contributed by atoms with Crippen molar-refractivity contribution in [1.82, 2.24) is 15.7 Å². The maximum absolute atomic E-state index is 12.9. The zero-order valence-electron chi connectivity index (χ0n) is 14.1. The first kappa shape index (κ1) is 16.8. The van der Waals surface area contributed by atoms with Crippen molar-refractivity contribution in [3.05, 3.63) is 59.1 Å². The number of para-hydroxylation sites is 1. The third-order valence-electron chi connectivity index (χ3n) is 4.98. The first-order valence-corrected chi connectivity index (χ1v) is 9.80. The minimum Gasteiger partial charge on any atom is -0.299 e. The number of hydrazine groups is 1. The minimum atomic E-state index is -0.754. The maximum atomic E-state index is 12.9. The smallest absolute Gasteiger partial charge is 0.257 e. The highest BCUT2D eigenvalue weighted by Gasteiger charge is 2.50. The van der Waals surface area contributed by atoms with Gasteiger partial charge in [0.25, 0.3) is 5.91 Å². The highest BCUT2D eigenvalue weighted by molar-refractivity contribution is 7.22. The van der Waals surface area contributed by atoms with E-state index in [9.17, 15) is 9.59 Å². The molecule has 0 saturated carbocycles. The summed E-state index contributed by atoms with van der Waals surface area (Å²) in [5.41, 5.74) is 4.81. The number of hydrogen-bond donors (Lipinski definition) is 2. The third kappa shape index (κ3) is 2.74. The second kappa shape index (κ2) is 6.38. The van der Waals surface area contributed by atoms with Gasteiger partial charge in [0.2, 0.25) is 5.13 Å². The summed E-state index contributed by atoms with van der Waals surface area (Å²) in [6.45, 7) is 0. The van der Waals surface area contributed by atoms with Gasteiger partial charge in [-0.05, 0) is 23.8 Å². The number of thiazole rings is 1. The number of rotatable bonds is 2. The number of aromatic nitrogens is 1. The van der Waals surface area contributed by atoms with E-state index < -0.39 is 12.1 Å². The van der Waals surface area contributed by atoms with Gasteiger partial charge in [-0.25, -0.2) is 15.4 Å². The SMILES string of the molecule is O=C1CC(c2ccccc2Cl)NC2NN(c3nc4ccccc4s3)C(=O)C12. The van der Waals surface area contributed by atoms with E-state index in [4.69, 9.17) is 11.6 Å². The van der Waals surface area contributed by atoms with Gasteiger partial charge in [0.15, 0.2) is 0 Å². The van der Waals surface area contributed by atoms with Crippen LogP contribution in [0.2, 0.25) is 5.02 Å². The van der Waals surface area contributed by atoms with Gasteiger partial charge in [0, 0.05) is 17.5 Å². The number of halogens is 1. The molecule has 2 aromatic carbocycles. The molecule has 8 heteroatoms. The summed E-state index contributed by atoms with van der Waals surface area (Å²) in [5.74, 6) is -1.12. The number of amides is 1. The van der Waals surface area contributed by atoms with Gasteiger partial charge in [-0.2, -0.15) is 0 Å². The Balaban J connectivity index is 1.45. The number of piperidine rings is 1. The van der Waals surface area contributed by atoms with E-state index in [0.717, 1.165) is 15.8 Å². The predicted octanol–water partition coefficient (Wildman–Crippen LogP) is 3.05. The molecule has 0 aliphatic carbocycles. The molecule has 2 aliphatic heterocycles. The molecule has 0 bridgehead atoms. The number of carbonyl (C=O) groups excluding carboxylic acids is 2. The molecule has 6 nitrogen and oxygen atoms in total. The number of nitrogens with one attached hydrogen (secondary N) is 2. The lowest BCUT2D eigenvalue weighted by Crippen LogP contribution is -2.52. The number of Topliss-reactive ketones (excluding diaryl/α,β-unsaturated/α-hetero) is 1. The van der Waals surface area contributed by atoms with Crippen molar-refractivity contribution < 1.29 is 9.59 Å². The number of carbonyl (C=O) groups is 2. The van der Waals surface area contributed by atoms with E-state index in [1.165, 1.54) is 16.3 Å². The average molecular weight is 399 g/mol. The quantitative estimate of drug-likeness (QED) is 0.649. The van der Waals surface area contributed by atoms with Crippen molar-refractivity contribution in [2.45, 2.75) is 18.6 Å². The van der Waals surface area contributed by atoms with Crippen LogP contribution in [0.4, 0.5) is 5.13 Å². The number of fused-ring (bicyclic) bond motifs is 2. The zero-order chi connectivity index (χ0) is 18.5. The standard InChI is InChI=1S/C19H15ClN4O2S/c20-11-6-2-1-5-10(11)13-9-14(25)16-17(21-13)23-24(18(16)26)19-22-12-7-3-4-8-15(12)27-19/h1-8,13,16-17,21,23H,9H2. The minimum absolute atomic E-state index is 0.0928. The maximum Gasteiger partial charge on any atom is 0.257 e. The van der Waals surface area contributed by atoms with Crippen LogP contribution < -0.4 is 15.8 Å². The highest BCUT2D eigenvalue weighted by atomic mass is 35.5. The lowest BCUT2D eigenvalue weighted by atomic mass is 9.88. The highest BCUT2D eigenvalue weighted by Crippen LogP contribution is 2.36. The molecule has 2 N–H and O–H groups in total. The van der Waals surface area contributed by atoms with Crippen LogP contribution in [0.1, 0.15) is 18.0 Å². The molecule has 136 valence electrons.